The molecule has 1 aromatic rings. The lowest BCUT2D eigenvalue weighted by molar-refractivity contribution is -0.416. The molecule has 0 aliphatic carbocycles. The molecule has 0 spiro atoms. The maximum atomic E-state index is 10.7. The van der Waals surface area contributed by atoms with Crippen molar-refractivity contribution in [3.63, 3.8) is 0 Å². The summed E-state index contributed by atoms with van der Waals surface area (Å²) in [7, 11) is 0. The number of nitro groups is 1. The summed E-state index contributed by atoms with van der Waals surface area (Å²) < 4.78 is 0. The first kappa shape index (κ1) is 14.6. The highest BCUT2D eigenvalue weighted by molar-refractivity contribution is 6.42. The van der Waals surface area contributed by atoms with Gasteiger partial charge in [-0.05, 0) is 11.6 Å². The van der Waals surface area contributed by atoms with Crippen LogP contribution in [0.4, 0.5) is 0 Å². The summed E-state index contributed by atoms with van der Waals surface area (Å²) in [5.74, 6) is -1.55. The Morgan fingerprint density at radius 1 is 1.45 bits per heavy atom. The Bertz CT molecular complexity index is 631. The van der Waals surface area contributed by atoms with E-state index in [0.717, 1.165) is 6.20 Å². The minimum atomic E-state index is -1.31. The molecule has 0 fully saturated rings. The first-order valence-electron chi connectivity index (χ1n) is 5.52. The summed E-state index contributed by atoms with van der Waals surface area (Å²) in [6, 6.07) is 5.11. The number of aliphatic imine (C=N–C) groups is 1. The lowest BCUT2D eigenvalue weighted by atomic mass is 10.1. The van der Waals surface area contributed by atoms with Crippen LogP contribution in [0.1, 0.15) is 5.56 Å². The fourth-order valence-corrected chi connectivity index (χ4v) is 2.17. The normalized spacial score (nSPS) is 21.8. The summed E-state index contributed by atoms with van der Waals surface area (Å²) >= 11 is 12.0. The number of hydrogen-bond donors (Lipinski definition) is 3. The molecule has 5 N–H and O–H groups in total. The number of rotatable bonds is 3. The molecule has 0 radical (unpaired) electrons. The summed E-state index contributed by atoms with van der Waals surface area (Å²) in [5.41, 5.74) is 11.9. The largest absolute Gasteiger partial charge is 0.378 e. The SMILES string of the molecule is NC1=NC(N)(Cc2cccc(Cl)c2Cl)NC=C1[N+](=O)[O-]. The van der Waals surface area contributed by atoms with Crippen molar-refractivity contribution in [2.45, 2.75) is 12.2 Å². The van der Waals surface area contributed by atoms with Crippen molar-refractivity contribution in [1.82, 2.24) is 5.32 Å². The van der Waals surface area contributed by atoms with Gasteiger partial charge in [0.2, 0.25) is 5.84 Å². The van der Waals surface area contributed by atoms with Crippen molar-refractivity contribution in [3.8, 4) is 0 Å². The molecule has 1 heterocycles. The van der Waals surface area contributed by atoms with Crippen molar-refractivity contribution in [3.05, 3.63) is 55.8 Å². The highest BCUT2D eigenvalue weighted by Crippen LogP contribution is 2.28. The van der Waals surface area contributed by atoms with Crippen LogP contribution < -0.4 is 16.8 Å². The standard InChI is InChI=1S/C11H11Cl2N5O2/c12-7-3-1-2-6(9(7)13)4-11(15)16-5-8(18(19)20)10(14)17-11/h1-3,5,16H,4,15H2,(H2,14,17). The van der Waals surface area contributed by atoms with Gasteiger partial charge < -0.3 is 11.1 Å². The Hall–Kier alpha value is -1.83. The number of amidine groups is 1. The second-order valence-electron chi connectivity index (χ2n) is 4.24. The maximum absolute atomic E-state index is 10.7. The second-order valence-corrected chi connectivity index (χ2v) is 5.03. The minimum absolute atomic E-state index is 0.175. The molecule has 0 aromatic heterocycles. The van der Waals surface area contributed by atoms with Crippen LogP contribution in [-0.4, -0.2) is 16.5 Å². The fourth-order valence-electron chi connectivity index (χ4n) is 1.78. The van der Waals surface area contributed by atoms with E-state index in [2.05, 4.69) is 10.3 Å². The van der Waals surface area contributed by atoms with Crippen molar-refractivity contribution < 1.29 is 4.92 Å². The van der Waals surface area contributed by atoms with Crippen LogP contribution in [0, 0.1) is 10.1 Å². The number of nitrogens with one attached hydrogen (secondary N) is 1. The van der Waals surface area contributed by atoms with Gasteiger partial charge in [0.15, 0.2) is 5.79 Å². The van der Waals surface area contributed by atoms with E-state index in [1.165, 1.54) is 0 Å². The monoisotopic (exact) mass is 315 g/mol. The minimum Gasteiger partial charge on any atom is -0.378 e. The number of hydrogen-bond acceptors (Lipinski definition) is 6. The molecule has 9 heteroatoms. The molecule has 1 aromatic carbocycles. The number of nitrogens with zero attached hydrogens (tertiary/aromatic N) is 2. The molecule has 1 aliphatic heterocycles. The Kier molecular flexibility index (Phi) is 3.85. The van der Waals surface area contributed by atoms with Gasteiger partial charge in [-0.2, -0.15) is 0 Å². The van der Waals surface area contributed by atoms with Crippen LogP contribution in [0.15, 0.2) is 35.1 Å². The number of benzene rings is 1. The van der Waals surface area contributed by atoms with Gasteiger partial charge in [-0.3, -0.25) is 15.8 Å². The van der Waals surface area contributed by atoms with Gasteiger partial charge in [0.05, 0.1) is 21.2 Å². The average Bonchev–Trinajstić information content (AvgIpc) is 2.34. The smallest absolute Gasteiger partial charge is 0.326 e. The Morgan fingerprint density at radius 2 is 2.15 bits per heavy atom. The van der Waals surface area contributed by atoms with Crippen LogP contribution in [0.5, 0.6) is 0 Å². The van der Waals surface area contributed by atoms with Crippen LogP contribution in [0.2, 0.25) is 10.0 Å². The average molecular weight is 316 g/mol. The maximum Gasteiger partial charge on any atom is 0.326 e. The lowest BCUT2D eigenvalue weighted by Crippen LogP contribution is -2.55. The molecule has 1 unspecified atom stereocenters. The van der Waals surface area contributed by atoms with Gasteiger partial charge in [0.25, 0.3) is 0 Å². The Labute approximate surface area is 124 Å². The van der Waals surface area contributed by atoms with E-state index in [9.17, 15) is 10.1 Å². The van der Waals surface area contributed by atoms with Crippen LogP contribution in [0.25, 0.3) is 0 Å². The first-order chi connectivity index (χ1) is 9.32. The first-order valence-corrected chi connectivity index (χ1v) is 6.28. The fraction of sp³-hybridized carbons (Fsp3) is 0.182. The predicted molar refractivity (Wildman–Crippen MR) is 76.9 cm³/mol. The molecule has 20 heavy (non-hydrogen) atoms. The van der Waals surface area contributed by atoms with Gasteiger partial charge in [-0.15, -0.1) is 0 Å². The summed E-state index contributed by atoms with van der Waals surface area (Å²) in [6.45, 7) is 0. The summed E-state index contributed by atoms with van der Waals surface area (Å²) in [6.07, 6.45) is 1.30. The molecule has 0 amide bonds. The quantitative estimate of drug-likeness (QED) is 0.572. The van der Waals surface area contributed by atoms with Crippen molar-refractivity contribution in [2.75, 3.05) is 0 Å². The van der Waals surface area contributed by atoms with Gasteiger partial charge in [0.1, 0.15) is 0 Å². The van der Waals surface area contributed by atoms with Gasteiger partial charge >= 0.3 is 5.70 Å². The van der Waals surface area contributed by atoms with E-state index in [0.29, 0.717) is 15.6 Å². The molecular weight excluding hydrogens is 305 g/mol. The summed E-state index contributed by atoms with van der Waals surface area (Å²) in [4.78, 5) is 14.0. The molecule has 0 bridgehead atoms. The molecule has 7 nitrogen and oxygen atoms in total. The predicted octanol–water partition coefficient (Wildman–Crippen LogP) is 1.23. The molecule has 1 atom stereocenters. The zero-order valence-electron chi connectivity index (χ0n) is 10.1. The Balaban J connectivity index is 2.27. The Morgan fingerprint density at radius 3 is 2.75 bits per heavy atom. The topological polar surface area (TPSA) is 120 Å². The van der Waals surface area contributed by atoms with Gasteiger partial charge in [0, 0.05) is 6.42 Å². The molecule has 0 saturated carbocycles. The van der Waals surface area contributed by atoms with E-state index in [1.54, 1.807) is 18.2 Å². The van der Waals surface area contributed by atoms with Crippen LogP contribution in [0.3, 0.4) is 0 Å². The van der Waals surface area contributed by atoms with E-state index < -0.39 is 10.7 Å². The van der Waals surface area contributed by atoms with Gasteiger partial charge in [-0.25, -0.2) is 4.99 Å². The van der Waals surface area contributed by atoms with Crippen LogP contribution >= 0.6 is 23.2 Å². The van der Waals surface area contributed by atoms with E-state index in [1.807, 2.05) is 0 Å². The molecule has 2 rings (SSSR count). The molecule has 1 aliphatic rings. The van der Waals surface area contributed by atoms with E-state index in [-0.39, 0.29) is 18.0 Å². The van der Waals surface area contributed by atoms with Gasteiger partial charge in [-0.1, -0.05) is 35.3 Å². The number of halogens is 2. The van der Waals surface area contributed by atoms with Crippen LogP contribution in [-0.2, 0) is 6.42 Å². The molecular formula is C11H11Cl2N5O2. The highest BCUT2D eigenvalue weighted by atomic mass is 35.5. The number of nitrogens with two attached hydrogens (primary N) is 2. The second kappa shape index (κ2) is 5.28. The molecule has 0 saturated heterocycles. The van der Waals surface area contributed by atoms with E-state index in [4.69, 9.17) is 34.7 Å². The third-order valence-electron chi connectivity index (χ3n) is 2.73. The van der Waals surface area contributed by atoms with Crippen molar-refractivity contribution in [2.24, 2.45) is 16.5 Å². The van der Waals surface area contributed by atoms with E-state index >= 15 is 0 Å². The zero-order chi connectivity index (χ0) is 14.9. The lowest BCUT2D eigenvalue weighted by Gasteiger charge is -2.28. The highest BCUT2D eigenvalue weighted by Gasteiger charge is 2.32. The third-order valence-corrected chi connectivity index (χ3v) is 3.59. The molecule has 106 valence electrons. The van der Waals surface area contributed by atoms with Crippen molar-refractivity contribution in [1.29, 1.82) is 0 Å². The zero-order valence-corrected chi connectivity index (χ0v) is 11.6. The summed E-state index contributed by atoms with van der Waals surface area (Å²) in [5, 5.41) is 14.1. The third kappa shape index (κ3) is 2.84. The van der Waals surface area contributed by atoms with Crippen molar-refractivity contribution >= 4 is 29.0 Å².